The van der Waals surface area contributed by atoms with Gasteiger partial charge in [0.15, 0.2) is 0 Å². The Morgan fingerprint density at radius 2 is 2.16 bits per heavy atom. The smallest absolute Gasteiger partial charge is 0.339 e. The van der Waals surface area contributed by atoms with Gasteiger partial charge in [-0.2, -0.15) is 0 Å². The third-order valence-corrected chi connectivity index (χ3v) is 2.60. The molecule has 1 aromatic rings. The summed E-state index contributed by atoms with van der Waals surface area (Å²) in [6.45, 7) is 5.86. The lowest BCUT2D eigenvalue weighted by Gasteiger charge is -2.12. The van der Waals surface area contributed by atoms with Gasteiger partial charge in [0, 0.05) is 5.69 Å². The fourth-order valence-electron chi connectivity index (χ4n) is 1.32. The molecular formula is C13H16ClNO3S. The van der Waals surface area contributed by atoms with Crippen LogP contribution in [-0.4, -0.2) is 23.9 Å². The zero-order valence-corrected chi connectivity index (χ0v) is 12.6. The van der Waals surface area contributed by atoms with Gasteiger partial charge in [-0.25, -0.2) is 4.79 Å². The summed E-state index contributed by atoms with van der Waals surface area (Å²) in [6.07, 6.45) is -0.204. The molecule has 0 spiro atoms. The van der Waals surface area contributed by atoms with Gasteiger partial charge in [-0.1, -0.05) is 11.6 Å². The van der Waals surface area contributed by atoms with Gasteiger partial charge >= 0.3 is 5.97 Å². The second-order valence-electron chi connectivity index (χ2n) is 3.99. The molecule has 0 saturated carbocycles. The summed E-state index contributed by atoms with van der Waals surface area (Å²) in [6, 6.07) is 4.90. The van der Waals surface area contributed by atoms with Gasteiger partial charge in [0.25, 0.3) is 5.17 Å². The lowest BCUT2D eigenvalue weighted by molar-refractivity contribution is 0.0378. The summed E-state index contributed by atoms with van der Waals surface area (Å²) in [7, 11) is 0. The second kappa shape index (κ2) is 7.31. The zero-order valence-electron chi connectivity index (χ0n) is 11.0. The Morgan fingerprint density at radius 1 is 1.47 bits per heavy atom. The van der Waals surface area contributed by atoms with Gasteiger partial charge in [-0.3, -0.25) is 0 Å². The maximum absolute atomic E-state index is 11.8. The Hall–Kier alpha value is -1.33. The number of anilines is 1. The first kappa shape index (κ1) is 15.7. The lowest BCUT2D eigenvalue weighted by atomic mass is 10.2. The first-order valence-corrected chi connectivity index (χ1v) is 6.67. The van der Waals surface area contributed by atoms with Crippen LogP contribution in [0.25, 0.3) is 0 Å². The predicted molar refractivity (Wildman–Crippen MR) is 79.9 cm³/mol. The molecule has 0 bridgehead atoms. The normalized spacial score (nSPS) is 10.2. The first-order chi connectivity index (χ1) is 8.93. The fraction of sp³-hybridized carbons (Fsp3) is 0.385. The number of thiocarbonyl (C=S) groups is 1. The molecule has 19 heavy (non-hydrogen) atoms. The number of benzene rings is 1. The van der Waals surface area contributed by atoms with E-state index in [4.69, 9.17) is 33.3 Å². The van der Waals surface area contributed by atoms with E-state index >= 15 is 0 Å². The molecule has 6 heteroatoms. The summed E-state index contributed by atoms with van der Waals surface area (Å²) in [5, 5.41) is 3.44. The van der Waals surface area contributed by atoms with Crippen molar-refractivity contribution in [1.29, 1.82) is 0 Å². The highest BCUT2D eigenvalue weighted by Gasteiger charge is 2.14. The number of esters is 1. The highest BCUT2D eigenvalue weighted by molar-refractivity contribution is 7.80. The van der Waals surface area contributed by atoms with E-state index < -0.39 is 5.97 Å². The summed E-state index contributed by atoms with van der Waals surface area (Å²) < 4.78 is 10.2. The van der Waals surface area contributed by atoms with Crippen LogP contribution in [0, 0.1) is 0 Å². The molecule has 1 N–H and O–H groups in total. The summed E-state index contributed by atoms with van der Waals surface area (Å²) in [5.41, 5.74) is 0.915. The minimum atomic E-state index is -0.467. The average molecular weight is 302 g/mol. The van der Waals surface area contributed by atoms with Crippen molar-refractivity contribution < 1.29 is 14.3 Å². The van der Waals surface area contributed by atoms with Crippen molar-refractivity contribution in [2.45, 2.75) is 26.9 Å². The minimum Gasteiger partial charge on any atom is -0.471 e. The van der Waals surface area contributed by atoms with Crippen molar-refractivity contribution in [2.24, 2.45) is 0 Å². The molecule has 0 saturated heterocycles. The Morgan fingerprint density at radius 3 is 2.74 bits per heavy atom. The molecule has 0 amide bonds. The number of carbonyl (C=O) groups is 1. The Bertz CT molecular complexity index is 477. The van der Waals surface area contributed by atoms with Crippen molar-refractivity contribution in [3.63, 3.8) is 0 Å². The van der Waals surface area contributed by atoms with Gasteiger partial charge in [-0.05, 0) is 51.2 Å². The standard InChI is InChI=1S/C13H16ClNO3S/c1-4-17-13(19)15-9-5-6-11(14)10(7-9)12(16)18-8(2)3/h5-8H,4H2,1-3H3,(H,15,19). The number of carbonyl (C=O) groups excluding carboxylic acids is 1. The van der Waals surface area contributed by atoms with E-state index in [-0.39, 0.29) is 11.3 Å². The monoisotopic (exact) mass is 301 g/mol. The molecule has 0 unspecified atom stereocenters. The maximum atomic E-state index is 11.8. The lowest BCUT2D eigenvalue weighted by Crippen LogP contribution is -2.15. The van der Waals surface area contributed by atoms with E-state index in [1.807, 2.05) is 6.92 Å². The molecular weight excluding hydrogens is 286 g/mol. The predicted octanol–water partition coefficient (Wildman–Crippen LogP) is 3.64. The fourth-order valence-corrected chi connectivity index (χ4v) is 1.75. The summed E-state index contributed by atoms with van der Waals surface area (Å²) in [4.78, 5) is 11.8. The number of hydrogen-bond donors (Lipinski definition) is 1. The molecule has 104 valence electrons. The molecule has 0 aromatic heterocycles. The highest BCUT2D eigenvalue weighted by atomic mass is 35.5. The number of ether oxygens (including phenoxy) is 2. The largest absolute Gasteiger partial charge is 0.471 e. The molecule has 1 rings (SSSR count). The molecule has 0 radical (unpaired) electrons. The van der Waals surface area contributed by atoms with Crippen LogP contribution < -0.4 is 5.32 Å². The highest BCUT2D eigenvalue weighted by Crippen LogP contribution is 2.22. The Balaban J connectivity index is 2.88. The van der Waals surface area contributed by atoms with Gasteiger partial charge < -0.3 is 14.8 Å². The van der Waals surface area contributed by atoms with Crippen LogP contribution in [0.2, 0.25) is 5.02 Å². The van der Waals surface area contributed by atoms with E-state index in [2.05, 4.69) is 5.32 Å². The van der Waals surface area contributed by atoms with Crippen LogP contribution in [0.15, 0.2) is 18.2 Å². The Kier molecular flexibility index (Phi) is 6.05. The van der Waals surface area contributed by atoms with Crippen LogP contribution in [0.5, 0.6) is 0 Å². The quantitative estimate of drug-likeness (QED) is 0.679. The van der Waals surface area contributed by atoms with Gasteiger partial charge in [-0.15, -0.1) is 0 Å². The second-order valence-corrected chi connectivity index (χ2v) is 4.77. The maximum Gasteiger partial charge on any atom is 0.339 e. The summed E-state index contributed by atoms with van der Waals surface area (Å²) in [5.74, 6) is -0.467. The molecule has 0 fully saturated rings. The van der Waals surface area contributed by atoms with Crippen LogP contribution in [0.4, 0.5) is 5.69 Å². The first-order valence-electron chi connectivity index (χ1n) is 5.88. The molecule has 0 heterocycles. The zero-order chi connectivity index (χ0) is 14.4. The van der Waals surface area contributed by atoms with Crippen molar-refractivity contribution in [3.05, 3.63) is 28.8 Å². The van der Waals surface area contributed by atoms with E-state index in [9.17, 15) is 4.79 Å². The van der Waals surface area contributed by atoms with Crippen molar-refractivity contribution in [2.75, 3.05) is 11.9 Å². The Labute approximate surface area is 123 Å². The van der Waals surface area contributed by atoms with Crippen molar-refractivity contribution in [1.82, 2.24) is 0 Å². The molecule has 1 aromatic carbocycles. The van der Waals surface area contributed by atoms with E-state index in [0.717, 1.165) is 0 Å². The summed E-state index contributed by atoms with van der Waals surface area (Å²) >= 11 is 10.9. The molecule has 0 aliphatic carbocycles. The molecule has 0 atom stereocenters. The van der Waals surface area contributed by atoms with Crippen molar-refractivity contribution in [3.8, 4) is 0 Å². The van der Waals surface area contributed by atoms with Crippen LogP contribution in [0.3, 0.4) is 0 Å². The van der Waals surface area contributed by atoms with Crippen LogP contribution in [0.1, 0.15) is 31.1 Å². The number of halogens is 1. The van der Waals surface area contributed by atoms with Crippen molar-refractivity contribution >= 4 is 40.7 Å². The third-order valence-electron chi connectivity index (χ3n) is 2.05. The molecule has 4 nitrogen and oxygen atoms in total. The molecule has 0 aliphatic rings. The van der Waals surface area contributed by atoms with Crippen LogP contribution in [-0.2, 0) is 9.47 Å². The minimum absolute atomic E-state index is 0.204. The average Bonchev–Trinajstić information content (AvgIpc) is 2.31. The van der Waals surface area contributed by atoms with E-state index in [0.29, 0.717) is 22.9 Å². The van der Waals surface area contributed by atoms with Gasteiger partial charge in [0.2, 0.25) is 0 Å². The van der Waals surface area contributed by atoms with E-state index in [1.54, 1.807) is 32.0 Å². The number of rotatable bonds is 4. The third kappa shape index (κ3) is 5.04. The van der Waals surface area contributed by atoms with Gasteiger partial charge in [0.1, 0.15) is 0 Å². The number of hydrogen-bond acceptors (Lipinski definition) is 4. The number of nitrogens with one attached hydrogen (secondary N) is 1. The topological polar surface area (TPSA) is 47.6 Å². The SMILES string of the molecule is CCOC(=S)Nc1ccc(Cl)c(C(=O)OC(C)C)c1. The van der Waals surface area contributed by atoms with E-state index in [1.165, 1.54) is 0 Å². The molecule has 0 aliphatic heterocycles. The van der Waals surface area contributed by atoms with Gasteiger partial charge in [0.05, 0.1) is 23.3 Å². The van der Waals surface area contributed by atoms with Crippen LogP contribution >= 0.6 is 23.8 Å².